The van der Waals surface area contributed by atoms with Crippen molar-refractivity contribution >= 4 is 21.7 Å². The van der Waals surface area contributed by atoms with Gasteiger partial charge in [0.05, 0.1) is 23.9 Å². The van der Waals surface area contributed by atoms with Gasteiger partial charge in [0.15, 0.2) is 12.7 Å². The molecule has 0 amide bonds. The molecule has 0 radical (unpaired) electrons. The minimum Gasteiger partial charge on any atom is -0.508 e. The number of fused-ring (bicyclic) bond motifs is 3. The Kier molecular flexibility index (Phi) is 3.16. The molecule has 4 heteroatoms. The van der Waals surface area contributed by atoms with Gasteiger partial charge in [0.1, 0.15) is 18.1 Å². The predicted octanol–water partition coefficient (Wildman–Crippen LogP) is 1.99. The molecule has 0 atom stereocenters. The highest BCUT2D eigenvalue weighted by Crippen LogP contribution is 2.27. The normalized spacial score (nSPS) is 11.1. The lowest BCUT2D eigenvalue weighted by Gasteiger charge is -2.07. The molecule has 102 valence electrons. The lowest BCUT2D eigenvalue weighted by Crippen LogP contribution is -2.36. The van der Waals surface area contributed by atoms with E-state index in [2.05, 4.69) is 0 Å². The highest BCUT2D eigenvalue weighted by molar-refractivity contribution is 6.04. The molecule has 0 bridgehead atoms. The number of aliphatic hydroxyl groups is 1. The summed E-state index contributed by atoms with van der Waals surface area (Å²) in [7, 11) is 1.64. The maximum Gasteiger partial charge on any atom is 0.216 e. The van der Waals surface area contributed by atoms with Crippen molar-refractivity contribution in [2.45, 2.75) is 6.54 Å². The Balaban J connectivity index is 2.39. The van der Waals surface area contributed by atoms with Crippen LogP contribution in [0, 0.1) is 0 Å². The van der Waals surface area contributed by atoms with Crippen LogP contribution in [-0.2, 0) is 6.54 Å². The van der Waals surface area contributed by atoms with Gasteiger partial charge in [0.2, 0.25) is 5.52 Å². The van der Waals surface area contributed by atoms with Gasteiger partial charge < -0.3 is 14.9 Å². The van der Waals surface area contributed by atoms with E-state index in [9.17, 15) is 10.2 Å². The third-order valence-electron chi connectivity index (χ3n) is 3.48. The first-order valence-electron chi connectivity index (χ1n) is 6.46. The van der Waals surface area contributed by atoms with E-state index >= 15 is 0 Å². The smallest absolute Gasteiger partial charge is 0.216 e. The van der Waals surface area contributed by atoms with E-state index < -0.39 is 0 Å². The van der Waals surface area contributed by atoms with Crippen LogP contribution in [0.3, 0.4) is 0 Å². The first kappa shape index (κ1) is 12.7. The van der Waals surface area contributed by atoms with Crippen LogP contribution in [0.1, 0.15) is 0 Å². The van der Waals surface area contributed by atoms with Gasteiger partial charge in [0, 0.05) is 5.39 Å². The molecule has 3 rings (SSSR count). The molecule has 1 heterocycles. The molecule has 0 unspecified atom stereocenters. The first-order chi connectivity index (χ1) is 9.72. The minimum absolute atomic E-state index is 0.0465. The van der Waals surface area contributed by atoms with Crippen LogP contribution < -0.4 is 9.30 Å². The number of methoxy groups -OCH3 is 1. The number of benzene rings is 2. The Morgan fingerprint density at radius 3 is 2.65 bits per heavy atom. The van der Waals surface area contributed by atoms with Gasteiger partial charge >= 0.3 is 0 Å². The van der Waals surface area contributed by atoms with E-state index in [1.807, 2.05) is 35.0 Å². The Labute approximate surface area is 116 Å². The topological polar surface area (TPSA) is 53.6 Å². The SMILES string of the molecule is COc1ccc2c(c1)c[n+](CCO)c1cc(O)ccc21. The number of phenolic OH excluding ortho intramolecular Hbond substituents is 1. The number of ether oxygens (including phenoxy) is 1. The van der Waals surface area contributed by atoms with E-state index in [-0.39, 0.29) is 12.4 Å². The lowest BCUT2D eigenvalue weighted by atomic mass is 10.1. The number of hydrogen-bond donors (Lipinski definition) is 2. The van der Waals surface area contributed by atoms with Gasteiger partial charge in [-0.25, -0.2) is 0 Å². The average molecular weight is 270 g/mol. The highest BCUT2D eigenvalue weighted by atomic mass is 16.5. The van der Waals surface area contributed by atoms with Crippen LogP contribution in [0.5, 0.6) is 11.5 Å². The van der Waals surface area contributed by atoms with Crippen molar-refractivity contribution in [3.63, 3.8) is 0 Å². The van der Waals surface area contributed by atoms with E-state index in [0.717, 1.165) is 27.4 Å². The van der Waals surface area contributed by atoms with Crippen LogP contribution in [0.25, 0.3) is 21.7 Å². The number of aliphatic hydroxyl groups excluding tert-OH is 1. The Morgan fingerprint density at radius 2 is 1.90 bits per heavy atom. The molecule has 0 aliphatic rings. The van der Waals surface area contributed by atoms with Crippen LogP contribution in [0.4, 0.5) is 0 Å². The number of aromatic hydroxyl groups is 1. The van der Waals surface area contributed by atoms with Gasteiger partial charge in [0.25, 0.3) is 0 Å². The number of nitrogens with zero attached hydrogens (tertiary/aromatic N) is 1. The van der Waals surface area contributed by atoms with Crippen molar-refractivity contribution in [1.82, 2.24) is 0 Å². The second-order valence-corrected chi connectivity index (χ2v) is 4.70. The Hall–Kier alpha value is -2.33. The van der Waals surface area contributed by atoms with Crippen molar-refractivity contribution in [2.24, 2.45) is 0 Å². The first-order valence-corrected chi connectivity index (χ1v) is 6.46. The molecule has 1 aromatic heterocycles. The predicted molar refractivity (Wildman–Crippen MR) is 77.0 cm³/mol. The van der Waals surface area contributed by atoms with E-state index in [0.29, 0.717) is 6.54 Å². The van der Waals surface area contributed by atoms with Crippen LogP contribution in [0.2, 0.25) is 0 Å². The van der Waals surface area contributed by atoms with Gasteiger partial charge in [-0.15, -0.1) is 0 Å². The number of rotatable bonds is 3. The van der Waals surface area contributed by atoms with Crippen molar-refractivity contribution in [2.75, 3.05) is 13.7 Å². The summed E-state index contributed by atoms with van der Waals surface area (Å²) in [6.07, 6.45) is 1.97. The van der Waals surface area contributed by atoms with Crippen molar-refractivity contribution < 1.29 is 19.5 Å². The van der Waals surface area contributed by atoms with Crippen LogP contribution in [-0.4, -0.2) is 23.9 Å². The number of pyridine rings is 1. The summed E-state index contributed by atoms with van der Waals surface area (Å²) in [5.41, 5.74) is 0.900. The summed E-state index contributed by atoms with van der Waals surface area (Å²) < 4.78 is 7.20. The fourth-order valence-corrected chi connectivity index (χ4v) is 2.54. The maximum atomic E-state index is 9.68. The summed E-state index contributed by atoms with van der Waals surface area (Å²) in [4.78, 5) is 0. The van der Waals surface area contributed by atoms with Crippen molar-refractivity contribution in [3.8, 4) is 11.5 Å². The Morgan fingerprint density at radius 1 is 1.10 bits per heavy atom. The zero-order valence-corrected chi connectivity index (χ0v) is 11.2. The summed E-state index contributed by atoms with van der Waals surface area (Å²) in [5, 5.41) is 22.1. The van der Waals surface area contributed by atoms with E-state index in [1.54, 1.807) is 19.2 Å². The molecule has 0 saturated carbocycles. The van der Waals surface area contributed by atoms with Crippen LogP contribution in [0.15, 0.2) is 42.6 Å². The summed E-state index contributed by atoms with van der Waals surface area (Å²) in [6, 6.07) is 11.2. The zero-order chi connectivity index (χ0) is 14.1. The fourth-order valence-electron chi connectivity index (χ4n) is 2.54. The minimum atomic E-state index is 0.0465. The van der Waals surface area contributed by atoms with Crippen LogP contribution >= 0.6 is 0 Å². The van der Waals surface area contributed by atoms with Gasteiger partial charge in [-0.2, -0.15) is 4.57 Å². The summed E-state index contributed by atoms with van der Waals surface area (Å²) in [6.45, 7) is 0.526. The molecule has 0 aliphatic carbocycles. The monoisotopic (exact) mass is 270 g/mol. The summed E-state index contributed by atoms with van der Waals surface area (Å²) in [5.74, 6) is 1.02. The summed E-state index contributed by atoms with van der Waals surface area (Å²) >= 11 is 0. The lowest BCUT2D eigenvalue weighted by molar-refractivity contribution is -0.671. The largest absolute Gasteiger partial charge is 0.508 e. The fraction of sp³-hybridized carbons (Fsp3) is 0.188. The van der Waals surface area contributed by atoms with Crippen molar-refractivity contribution in [1.29, 1.82) is 0 Å². The molecule has 0 spiro atoms. The van der Waals surface area contributed by atoms with Gasteiger partial charge in [-0.05, 0) is 30.3 Å². The second kappa shape index (κ2) is 4.98. The van der Waals surface area contributed by atoms with Gasteiger partial charge in [-0.3, -0.25) is 0 Å². The average Bonchev–Trinajstić information content (AvgIpc) is 2.47. The Bertz CT molecular complexity index is 783. The quantitative estimate of drug-likeness (QED) is 0.565. The second-order valence-electron chi connectivity index (χ2n) is 4.70. The highest BCUT2D eigenvalue weighted by Gasteiger charge is 2.14. The number of phenols is 1. The molecule has 0 aliphatic heterocycles. The van der Waals surface area contributed by atoms with Crippen molar-refractivity contribution in [3.05, 3.63) is 42.6 Å². The maximum absolute atomic E-state index is 9.68. The molecular formula is C16H16NO3+. The van der Waals surface area contributed by atoms with E-state index in [1.165, 1.54) is 0 Å². The molecule has 20 heavy (non-hydrogen) atoms. The molecule has 4 nitrogen and oxygen atoms in total. The third kappa shape index (κ3) is 2.04. The molecule has 0 saturated heterocycles. The third-order valence-corrected chi connectivity index (χ3v) is 3.48. The number of hydrogen-bond acceptors (Lipinski definition) is 3. The number of aromatic nitrogens is 1. The standard InChI is InChI=1S/C16H15NO3/c1-20-13-3-5-14-11(8-13)10-17(6-7-18)16-9-12(19)2-4-15(14)16/h2-5,8-10,18H,6-7H2,1H3/p+1. The molecule has 0 fully saturated rings. The molecular weight excluding hydrogens is 254 g/mol. The molecule has 2 aromatic carbocycles. The van der Waals surface area contributed by atoms with E-state index in [4.69, 9.17) is 4.74 Å². The molecule has 2 N–H and O–H groups in total. The zero-order valence-electron chi connectivity index (χ0n) is 11.2. The molecule has 3 aromatic rings. The van der Waals surface area contributed by atoms with Gasteiger partial charge in [-0.1, -0.05) is 0 Å².